The molecule has 1 aromatic carbocycles. The van der Waals surface area contributed by atoms with Crippen LogP contribution in [0.1, 0.15) is 24.5 Å². The van der Waals surface area contributed by atoms with E-state index in [4.69, 9.17) is 5.11 Å². The van der Waals surface area contributed by atoms with E-state index in [9.17, 15) is 4.79 Å². The van der Waals surface area contributed by atoms with Crippen LogP contribution in [0.15, 0.2) is 24.3 Å². The Hall–Kier alpha value is -1.35. The Labute approximate surface area is 109 Å². The lowest BCUT2D eigenvalue weighted by Crippen LogP contribution is -2.35. The van der Waals surface area contributed by atoms with E-state index in [1.54, 1.807) is 11.9 Å². The quantitative estimate of drug-likeness (QED) is 0.838. The maximum atomic E-state index is 12.0. The summed E-state index contributed by atoms with van der Waals surface area (Å²) in [6.45, 7) is 4.62. The third-order valence-corrected chi connectivity index (χ3v) is 3.26. The maximum absolute atomic E-state index is 12.0. The number of likely N-dealkylation sites (N-methyl/N-ethyl adjacent to an activating group) is 1. The highest BCUT2D eigenvalue weighted by Crippen LogP contribution is 2.08. The monoisotopic (exact) mass is 249 g/mol. The summed E-state index contributed by atoms with van der Waals surface area (Å²) < 4.78 is 0. The lowest BCUT2D eigenvalue weighted by Gasteiger charge is -2.21. The fraction of sp³-hybridized carbons (Fsp3) is 0.533. The third-order valence-electron chi connectivity index (χ3n) is 3.26. The molecule has 1 rings (SSSR count). The summed E-state index contributed by atoms with van der Waals surface area (Å²) in [6.07, 6.45) is 1.54. The van der Waals surface area contributed by atoms with Crippen LogP contribution in [0.4, 0.5) is 0 Å². The molecule has 1 N–H and O–H groups in total. The predicted octanol–water partition coefficient (Wildman–Crippen LogP) is 2.01. The van der Waals surface area contributed by atoms with Crippen LogP contribution in [0.5, 0.6) is 0 Å². The highest BCUT2D eigenvalue weighted by molar-refractivity contribution is 5.78. The van der Waals surface area contributed by atoms with Crippen LogP contribution in [0.2, 0.25) is 0 Å². The number of aliphatic hydroxyl groups is 1. The van der Waals surface area contributed by atoms with Crippen LogP contribution in [0.25, 0.3) is 0 Å². The molecule has 0 saturated heterocycles. The first-order chi connectivity index (χ1) is 8.58. The summed E-state index contributed by atoms with van der Waals surface area (Å²) in [5, 5.41) is 9.12. The van der Waals surface area contributed by atoms with Gasteiger partial charge in [0.2, 0.25) is 5.91 Å². The Kier molecular flexibility index (Phi) is 5.86. The molecular formula is C15H23NO2. The number of nitrogens with zero attached hydrogens (tertiary/aromatic N) is 1. The first-order valence-corrected chi connectivity index (χ1v) is 6.49. The van der Waals surface area contributed by atoms with Gasteiger partial charge in [-0.05, 0) is 25.3 Å². The molecule has 0 heterocycles. The van der Waals surface area contributed by atoms with Crippen molar-refractivity contribution in [2.24, 2.45) is 5.92 Å². The van der Waals surface area contributed by atoms with Gasteiger partial charge in [-0.25, -0.2) is 0 Å². The average molecular weight is 249 g/mol. The molecule has 1 amide bonds. The van der Waals surface area contributed by atoms with Gasteiger partial charge in [0.05, 0.1) is 12.5 Å². The molecule has 3 nitrogen and oxygen atoms in total. The minimum absolute atomic E-state index is 0.0349. The Morgan fingerprint density at radius 2 is 2.17 bits per heavy atom. The third kappa shape index (κ3) is 4.15. The molecule has 1 unspecified atom stereocenters. The zero-order valence-electron chi connectivity index (χ0n) is 11.5. The van der Waals surface area contributed by atoms with Crippen LogP contribution in [0, 0.1) is 12.8 Å². The Balaban J connectivity index is 2.50. The highest BCUT2D eigenvalue weighted by atomic mass is 16.3. The zero-order valence-corrected chi connectivity index (χ0v) is 11.5. The number of hydrogen-bond acceptors (Lipinski definition) is 2. The molecule has 0 spiro atoms. The standard InChI is InChI=1S/C15H23NO2/c1-4-14(11-17)15(18)16(3)9-8-13-7-5-6-12(2)10-13/h5-7,10,14,17H,4,8-9,11H2,1-3H3. The number of benzene rings is 1. The Morgan fingerprint density at radius 1 is 1.44 bits per heavy atom. The van der Waals surface area contributed by atoms with Crippen molar-refractivity contribution < 1.29 is 9.90 Å². The minimum atomic E-state index is -0.257. The molecule has 18 heavy (non-hydrogen) atoms. The van der Waals surface area contributed by atoms with Gasteiger partial charge < -0.3 is 10.0 Å². The van der Waals surface area contributed by atoms with Gasteiger partial charge >= 0.3 is 0 Å². The van der Waals surface area contributed by atoms with Gasteiger partial charge in [-0.1, -0.05) is 36.8 Å². The molecule has 0 radical (unpaired) electrons. The molecule has 0 aliphatic heterocycles. The average Bonchev–Trinajstić information content (AvgIpc) is 2.37. The smallest absolute Gasteiger partial charge is 0.227 e. The molecule has 0 fully saturated rings. The van der Waals surface area contributed by atoms with Crippen LogP contribution < -0.4 is 0 Å². The van der Waals surface area contributed by atoms with Crippen LogP contribution in [0.3, 0.4) is 0 Å². The van der Waals surface area contributed by atoms with Gasteiger partial charge in [0.25, 0.3) is 0 Å². The summed E-state index contributed by atoms with van der Waals surface area (Å²) in [7, 11) is 1.80. The van der Waals surface area contributed by atoms with Gasteiger partial charge in [-0.3, -0.25) is 4.79 Å². The summed E-state index contributed by atoms with van der Waals surface area (Å²) in [5.41, 5.74) is 2.48. The van der Waals surface area contributed by atoms with Gasteiger partial charge in [-0.15, -0.1) is 0 Å². The second-order valence-corrected chi connectivity index (χ2v) is 4.79. The Morgan fingerprint density at radius 3 is 2.72 bits per heavy atom. The van der Waals surface area contributed by atoms with Crippen molar-refractivity contribution in [1.29, 1.82) is 0 Å². The molecule has 1 aromatic rings. The van der Waals surface area contributed by atoms with E-state index in [1.165, 1.54) is 11.1 Å². The summed E-state index contributed by atoms with van der Waals surface area (Å²) in [4.78, 5) is 13.7. The van der Waals surface area contributed by atoms with Gasteiger partial charge in [0.15, 0.2) is 0 Å². The van der Waals surface area contributed by atoms with Crippen molar-refractivity contribution in [2.75, 3.05) is 20.2 Å². The van der Waals surface area contributed by atoms with Crippen molar-refractivity contribution in [3.05, 3.63) is 35.4 Å². The van der Waals surface area contributed by atoms with E-state index in [-0.39, 0.29) is 18.4 Å². The lowest BCUT2D eigenvalue weighted by atomic mass is 10.1. The number of carbonyl (C=O) groups is 1. The summed E-state index contributed by atoms with van der Waals surface area (Å²) in [5.74, 6) is -0.222. The van der Waals surface area contributed by atoms with Crippen LogP contribution in [-0.2, 0) is 11.2 Å². The highest BCUT2D eigenvalue weighted by Gasteiger charge is 2.18. The number of aliphatic hydroxyl groups excluding tert-OH is 1. The van der Waals surface area contributed by atoms with Crippen molar-refractivity contribution in [3.8, 4) is 0 Å². The number of carbonyl (C=O) groups excluding carboxylic acids is 1. The normalized spacial score (nSPS) is 12.2. The van der Waals surface area contributed by atoms with Crippen molar-refractivity contribution in [2.45, 2.75) is 26.7 Å². The first-order valence-electron chi connectivity index (χ1n) is 6.49. The minimum Gasteiger partial charge on any atom is -0.396 e. The lowest BCUT2D eigenvalue weighted by molar-refractivity contribution is -0.135. The number of aryl methyl sites for hydroxylation is 1. The number of rotatable bonds is 6. The molecule has 0 saturated carbocycles. The van der Waals surface area contributed by atoms with E-state index in [1.807, 2.05) is 13.0 Å². The van der Waals surface area contributed by atoms with E-state index >= 15 is 0 Å². The molecule has 1 atom stereocenters. The van der Waals surface area contributed by atoms with E-state index in [2.05, 4.69) is 25.1 Å². The first kappa shape index (κ1) is 14.7. The number of amides is 1. The zero-order chi connectivity index (χ0) is 13.5. The molecule has 0 aliphatic rings. The molecule has 0 aromatic heterocycles. The van der Waals surface area contributed by atoms with Crippen LogP contribution in [-0.4, -0.2) is 36.1 Å². The van der Waals surface area contributed by atoms with Crippen molar-refractivity contribution >= 4 is 5.91 Å². The van der Waals surface area contributed by atoms with Crippen molar-refractivity contribution in [1.82, 2.24) is 4.90 Å². The fourth-order valence-corrected chi connectivity index (χ4v) is 1.97. The molecular weight excluding hydrogens is 226 g/mol. The molecule has 0 aliphatic carbocycles. The van der Waals surface area contributed by atoms with E-state index in [0.717, 1.165) is 6.42 Å². The summed E-state index contributed by atoms with van der Waals surface area (Å²) >= 11 is 0. The molecule has 0 bridgehead atoms. The molecule has 3 heteroatoms. The Bertz CT molecular complexity index is 386. The summed E-state index contributed by atoms with van der Waals surface area (Å²) in [6, 6.07) is 8.32. The van der Waals surface area contributed by atoms with Gasteiger partial charge in [-0.2, -0.15) is 0 Å². The topological polar surface area (TPSA) is 40.5 Å². The van der Waals surface area contributed by atoms with Gasteiger partial charge in [0, 0.05) is 13.6 Å². The van der Waals surface area contributed by atoms with Crippen LogP contribution >= 0.6 is 0 Å². The maximum Gasteiger partial charge on any atom is 0.227 e. The number of hydrogen-bond donors (Lipinski definition) is 1. The van der Waals surface area contributed by atoms with E-state index < -0.39 is 0 Å². The predicted molar refractivity (Wildman–Crippen MR) is 73.4 cm³/mol. The SMILES string of the molecule is CCC(CO)C(=O)N(C)CCc1cccc(C)c1. The van der Waals surface area contributed by atoms with Crippen molar-refractivity contribution in [3.63, 3.8) is 0 Å². The largest absolute Gasteiger partial charge is 0.396 e. The fourth-order valence-electron chi connectivity index (χ4n) is 1.97. The van der Waals surface area contributed by atoms with Gasteiger partial charge in [0.1, 0.15) is 0 Å². The second kappa shape index (κ2) is 7.17. The molecule has 100 valence electrons. The van der Waals surface area contributed by atoms with E-state index in [0.29, 0.717) is 13.0 Å². The second-order valence-electron chi connectivity index (χ2n) is 4.79.